The van der Waals surface area contributed by atoms with Crippen molar-refractivity contribution in [3.63, 3.8) is 0 Å². The van der Waals surface area contributed by atoms with E-state index in [0.717, 1.165) is 0 Å². The van der Waals surface area contributed by atoms with E-state index in [1.165, 1.54) is 0 Å². The van der Waals surface area contributed by atoms with Crippen LogP contribution in [0.15, 0.2) is 18.2 Å². The van der Waals surface area contributed by atoms with Crippen LogP contribution in [0.5, 0.6) is 11.5 Å². The fraction of sp³-hybridized carbons (Fsp3) is 0.300. The standard InChI is InChI=1S/C10H11ClN2O6S/c11-6-1-2-8-9(3-6)18-5-7(19-8)4-13(10(14)15)20(12,16)17/h1-3,7H,4-5H2,(H,14,15)(H2,12,16,17). The van der Waals surface area contributed by atoms with E-state index in [4.69, 9.17) is 31.3 Å². The van der Waals surface area contributed by atoms with E-state index in [1.54, 1.807) is 18.2 Å². The molecule has 0 aromatic heterocycles. The number of hydrogen-bond donors (Lipinski definition) is 2. The first kappa shape index (κ1) is 14.7. The highest BCUT2D eigenvalue weighted by atomic mass is 35.5. The van der Waals surface area contributed by atoms with Crippen molar-refractivity contribution < 1.29 is 27.8 Å². The molecule has 0 spiro atoms. The van der Waals surface area contributed by atoms with Gasteiger partial charge in [0.1, 0.15) is 6.61 Å². The van der Waals surface area contributed by atoms with Crippen LogP contribution in [-0.2, 0) is 10.2 Å². The summed E-state index contributed by atoms with van der Waals surface area (Å²) in [6.45, 7) is -0.483. The smallest absolute Gasteiger partial charge is 0.422 e. The number of rotatable bonds is 3. The summed E-state index contributed by atoms with van der Waals surface area (Å²) in [5.74, 6) is 0.761. The van der Waals surface area contributed by atoms with Crippen LogP contribution in [-0.4, -0.2) is 43.2 Å². The number of nitrogens with zero attached hydrogens (tertiary/aromatic N) is 1. The fourth-order valence-corrected chi connectivity index (χ4v) is 2.41. The SMILES string of the molecule is NS(=O)(=O)N(CC1COc2cc(Cl)ccc2O1)C(=O)O. The van der Waals surface area contributed by atoms with Gasteiger partial charge in [0.2, 0.25) is 0 Å². The van der Waals surface area contributed by atoms with Crippen molar-refractivity contribution in [2.45, 2.75) is 6.10 Å². The van der Waals surface area contributed by atoms with Gasteiger partial charge in [-0.3, -0.25) is 0 Å². The molecule has 0 saturated carbocycles. The highest BCUT2D eigenvalue weighted by Crippen LogP contribution is 2.34. The average molecular weight is 323 g/mol. The number of halogens is 1. The van der Waals surface area contributed by atoms with Crippen molar-refractivity contribution in [3.05, 3.63) is 23.2 Å². The van der Waals surface area contributed by atoms with Gasteiger partial charge in [-0.1, -0.05) is 11.6 Å². The lowest BCUT2D eigenvalue weighted by Gasteiger charge is -2.29. The third-order valence-corrected chi connectivity index (χ3v) is 3.67. The maximum absolute atomic E-state index is 11.1. The van der Waals surface area contributed by atoms with Crippen LogP contribution in [0.4, 0.5) is 4.79 Å². The zero-order chi connectivity index (χ0) is 14.9. The topological polar surface area (TPSA) is 119 Å². The Kier molecular flexibility index (Phi) is 3.93. The van der Waals surface area contributed by atoms with E-state index in [2.05, 4.69) is 0 Å². The molecule has 0 fully saturated rings. The Morgan fingerprint density at radius 3 is 2.80 bits per heavy atom. The first-order chi connectivity index (χ1) is 9.27. The summed E-state index contributed by atoms with van der Waals surface area (Å²) in [6, 6.07) is 4.66. The molecule has 110 valence electrons. The molecule has 1 heterocycles. The van der Waals surface area contributed by atoms with E-state index in [1.807, 2.05) is 0 Å². The molecule has 1 amide bonds. The fourth-order valence-electron chi connectivity index (χ4n) is 1.65. The van der Waals surface area contributed by atoms with Gasteiger partial charge in [-0.25, -0.2) is 9.93 Å². The maximum atomic E-state index is 11.1. The minimum atomic E-state index is -4.37. The Balaban J connectivity index is 2.13. The van der Waals surface area contributed by atoms with E-state index in [9.17, 15) is 13.2 Å². The molecule has 1 aliphatic rings. The summed E-state index contributed by atoms with van der Waals surface area (Å²) >= 11 is 5.78. The average Bonchev–Trinajstić information content (AvgIpc) is 2.34. The maximum Gasteiger partial charge on any atom is 0.422 e. The Bertz CT molecular complexity index is 635. The predicted octanol–water partition coefficient (Wildman–Crippen LogP) is 0.663. The summed E-state index contributed by atoms with van der Waals surface area (Å²) in [4.78, 5) is 10.9. The second kappa shape index (κ2) is 5.35. The summed E-state index contributed by atoms with van der Waals surface area (Å²) in [5, 5.41) is 14.1. The third-order valence-electron chi connectivity index (χ3n) is 2.51. The van der Waals surface area contributed by atoms with E-state index < -0.39 is 29.0 Å². The minimum absolute atomic E-state index is 0.0212. The molecule has 10 heteroatoms. The number of amides is 1. The minimum Gasteiger partial charge on any atom is -0.486 e. The Hall–Kier alpha value is -1.71. The lowest BCUT2D eigenvalue weighted by atomic mass is 10.2. The molecule has 2 rings (SSSR count). The summed E-state index contributed by atoms with van der Waals surface area (Å²) in [5.41, 5.74) is 0. The quantitative estimate of drug-likeness (QED) is 0.843. The van der Waals surface area contributed by atoms with Gasteiger partial charge in [0.15, 0.2) is 17.6 Å². The van der Waals surface area contributed by atoms with Crippen LogP contribution >= 0.6 is 11.6 Å². The molecular formula is C10H11ClN2O6S. The van der Waals surface area contributed by atoms with Crippen LogP contribution in [0.3, 0.4) is 0 Å². The van der Waals surface area contributed by atoms with Crippen molar-refractivity contribution in [2.24, 2.45) is 5.14 Å². The van der Waals surface area contributed by atoms with Crippen molar-refractivity contribution in [1.82, 2.24) is 4.31 Å². The second-order valence-corrected chi connectivity index (χ2v) is 5.91. The zero-order valence-corrected chi connectivity index (χ0v) is 11.6. The molecule has 8 nitrogen and oxygen atoms in total. The van der Waals surface area contributed by atoms with Crippen LogP contribution in [0.1, 0.15) is 0 Å². The van der Waals surface area contributed by atoms with E-state index in [-0.39, 0.29) is 10.9 Å². The zero-order valence-electron chi connectivity index (χ0n) is 10.0. The van der Waals surface area contributed by atoms with Crippen molar-refractivity contribution >= 4 is 27.9 Å². The van der Waals surface area contributed by atoms with Crippen LogP contribution in [0, 0.1) is 0 Å². The lowest BCUT2D eigenvalue weighted by Crippen LogP contribution is -2.48. The number of fused-ring (bicyclic) bond motifs is 1. The molecule has 1 aromatic rings. The summed E-state index contributed by atoms with van der Waals surface area (Å²) < 4.78 is 33.2. The van der Waals surface area contributed by atoms with Crippen molar-refractivity contribution in [3.8, 4) is 11.5 Å². The highest BCUT2D eigenvalue weighted by molar-refractivity contribution is 7.87. The number of hydrogen-bond acceptors (Lipinski definition) is 5. The van der Waals surface area contributed by atoms with Crippen molar-refractivity contribution in [1.29, 1.82) is 0 Å². The Morgan fingerprint density at radius 1 is 1.50 bits per heavy atom. The monoisotopic (exact) mass is 322 g/mol. The normalized spacial score (nSPS) is 17.6. The highest BCUT2D eigenvalue weighted by Gasteiger charge is 2.30. The van der Waals surface area contributed by atoms with Gasteiger partial charge < -0.3 is 14.6 Å². The van der Waals surface area contributed by atoms with Gasteiger partial charge in [-0.2, -0.15) is 12.7 Å². The lowest BCUT2D eigenvalue weighted by molar-refractivity contribution is 0.0746. The molecule has 0 radical (unpaired) electrons. The molecule has 1 aliphatic heterocycles. The third kappa shape index (κ3) is 3.24. The van der Waals surface area contributed by atoms with Crippen LogP contribution in [0.2, 0.25) is 5.02 Å². The van der Waals surface area contributed by atoms with E-state index in [0.29, 0.717) is 16.5 Å². The van der Waals surface area contributed by atoms with Gasteiger partial charge in [0.05, 0.1) is 6.54 Å². The Labute approximate surface area is 119 Å². The molecule has 20 heavy (non-hydrogen) atoms. The van der Waals surface area contributed by atoms with Gasteiger partial charge in [-0.15, -0.1) is 0 Å². The van der Waals surface area contributed by atoms with Crippen LogP contribution < -0.4 is 14.6 Å². The number of ether oxygens (including phenoxy) is 2. The number of carbonyl (C=O) groups is 1. The molecule has 1 atom stereocenters. The molecular weight excluding hydrogens is 312 g/mol. The van der Waals surface area contributed by atoms with Gasteiger partial charge >= 0.3 is 16.3 Å². The summed E-state index contributed by atoms with van der Waals surface area (Å²) in [6.07, 6.45) is -2.48. The summed E-state index contributed by atoms with van der Waals surface area (Å²) in [7, 11) is -4.37. The van der Waals surface area contributed by atoms with Crippen molar-refractivity contribution in [2.75, 3.05) is 13.2 Å². The molecule has 0 aliphatic carbocycles. The molecule has 3 N–H and O–H groups in total. The number of nitrogens with two attached hydrogens (primary N) is 1. The first-order valence-electron chi connectivity index (χ1n) is 5.40. The van der Waals surface area contributed by atoms with Crippen LogP contribution in [0.25, 0.3) is 0 Å². The largest absolute Gasteiger partial charge is 0.486 e. The number of carboxylic acid groups (broad SMARTS) is 1. The van der Waals surface area contributed by atoms with Gasteiger partial charge in [0, 0.05) is 11.1 Å². The molecule has 0 bridgehead atoms. The Morgan fingerprint density at radius 2 is 2.20 bits per heavy atom. The van der Waals surface area contributed by atoms with E-state index >= 15 is 0 Å². The van der Waals surface area contributed by atoms with Gasteiger partial charge in [0.25, 0.3) is 0 Å². The number of benzene rings is 1. The predicted molar refractivity (Wildman–Crippen MR) is 69.2 cm³/mol. The molecule has 1 unspecified atom stereocenters. The first-order valence-corrected chi connectivity index (χ1v) is 7.28. The van der Waals surface area contributed by atoms with Gasteiger partial charge in [-0.05, 0) is 12.1 Å². The molecule has 0 saturated heterocycles. The molecule has 1 aromatic carbocycles. The second-order valence-electron chi connectivity index (χ2n) is 4.00.